The third kappa shape index (κ3) is 7.73. The molecule has 1 rings (SSSR count). The van der Waals surface area contributed by atoms with E-state index in [0.29, 0.717) is 5.01 Å². The highest BCUT2D eigenvalue weighted by atomic mass is 32.1. The van der Waals surface area contributed by atoms with Gasteiger partial charge in [-0.05, 0) is 53.4 Å². The zero-order valence-electron chi connectivity index (χ0n) is 23.7. The average molecular weight is 527 g/mol. The van der Waals surface area contributed by atoms with Crippen LogP contribution in [0.15, 0.2) is 5.38 Å². The van der Waals surface area contributed by atoms with Gasteiger partial charge in [-0.3, -0.25) is 14.5 Å². The second-order valence-electron chi connectivity index (χ2n) is 11.2. The van der Waals surface area contributed by atoms with Crippen LogP contribution in [0.5, 0.6) is 0 Å². The number of aromatic nitrogens is 1. The van der Waals surface area contributed by atoms with Crippen molar-refractivity contribution in [1.82, 2.24) is 20.1 Å². The molecule has 0 aromatic carbocycles. The molecular weight excluding hydrogens is 480 g/mol. The Labute approximate surface area is 220 Å². The van der Waals surface area contributed by atoms with Gasteiger partial charge in [-0.25, -0.2) is 9.78 Å². The number of nitrogens with one attached hydrogen (secondary N) is 1. The fourth-order valence-corrected chi connectivity index (χ4v) is 5.75. The molecule has 0 radical (unpaired) electrons. The zero-order chi connectivity index (χ0) is 28.1. The van der Waals surface area contributed by atoms with Crippen molar-refractivity contribution in [1.29, 1.82) is 0 Å². The van der Waals surface area contributed by atoms with E-state index in [1.165, 1.54) is 5.38 Å². The molecule has 0 aliphatic carbocycles. The molecular formula is C26H46N4O5S. The highest BCUT2D eigenvalue weighted by Crippen LogP contribution is 2.28. The molecule has 3 atom stereocenters. The standard InChI is InChI=1S/C26H46N4O5S/c1-14(2)19(12-20(31)22-27-18(13-36-22)24(33)34)29(11)23(32)21(15(3)4)28-25(35)26(9,10)30(16(5)6)17(7)8/h13-17,19-21,31H,12H2,1-11H3,(H,28,35)(H,33,34)/t19-,20-,21+/m1/s1. The third-order valence-electron chi connectivity index (χ3n) is 6.64. The fraction of sp³-hybridized carbons (Fsp3) is 0.769. The monoisotopic (exact) mass is 526 g/mol. The van der Waals surface area contributed by atoms with Gasteiger partial charge in [0.15, 0.2) is 5.69 Å². The lowest BCUT2D eigenvalue weighted by Crippen LogP contribution is -2.63. The van der Waals surface area contributed by atoms with Gasteiger partial charge in [0.25, 0.3) is 0 Å². The van der Waals surface area contributed by atoms with E-state index in [1.807, 2.05) is 69.2 Å². The number of carbonyl (C=O) groups is 3. The molecule has 0 spiro atoms. The lowest BCUT2D eigenvalue weighted by atomic mass is 9.93. The van der Waals surface area contributed by atoms with E-state index < -0.39 is 23.7 Å². The van der Waals surface area contributed by atoms with Gasteiger partial charge in [-0.1, -0.05) is 27.7 Å². The van der Waals surface area contributed by atoms with E-state index in [0.717, 1.165) is 11.3 Å². The van der Waals surface area contributed by atoms with Crippen LogP contribution in [0.3, 0.4) is 0 Å². The van der Waals surface area contributed by atoms with E-state index in [2.05, 4.69) is 15.2 Å². The van der Waals surface area contributed by atoms with Crippen LogP contribution in [-0.4, -0.2) is 79.5 Å². The Balaban J connectivity index is 3.13. The number of aromatic carboxylic acids is 1. The van der Waals surface area contributed by atoms with E-state index in [4.69, 9.17) is 5.11 Å². The largest absolute Gasteiger partial charge is 0.476 e. The molecule has 0 bridgehead atoms. The first kappa shape index (κ1) is 32.0. The van der Waals surface area contributed by atoms with E-state index in [9.17, 15) is 19.5 Å². The molecule has 1 aromatic rings. The molecule has 3 N–H and O–H groups in total. The van der Waals surface area contributed by atoms with Crippen LogP contribution in [-0.2, 0) is 9.59 Å². The fourth-order valence-electron chi connectivity index (χ4n) is 4.96. The predicted molar refractivity (Wildman–Crippen MR) is 143 cm³/mol. The summed E-state index contributed by atoms with van der Waals surface area (Å²) in [6.45, 7) is 19.7. The second-order valence-corrected chi connectivity index (χ2v) is 12.1. The number of carboxylic acid groups (broad SMARTS) is 1. The minimum Gasteiger partial charge on any atom is -0.476 e. The summed E-state index contributed by atoms with van der Waals surface area (Å²) in [6.07, 6.45) is -0.812. The first-order valence-corrected chi connectivity index (χ1v) is 13.5. The van der Waals surface area contributed by atoms with Crippen LogP contribution >= 0.6 is 11.3 Å². The molecule has 206 valence electrons. The molecule has 10 heteroatoms. The number of amides is 2. The van der Waals surface area contributed by atoms with Gasteiger partial charge in [-0.15, -0.1) is 11.3 Å². The molecule has 0 aliphatic heterocycles. The van der Waals surface area contributed by atoms with Crippen LogP contribution in [0, 0.1) is 11.8 Å². The van der Waals surface area contributed by atoms with Crippen molar-refractivity contribution in [3.05, 3.63) is 16.1 Å². The molecule has 0 aliphatic rings. The van der Waals surface area contributed by atoms with Crippen molar-refractivity contribution in [2.24, 2.45) is 11.8 Å². The number of carboxylic acids is 1. The van der Waals surface area contributed by atoms with Gasteiger partial charge in [0.05, 0.1) is 5.54 Å². The van der Waals surface area contributed by atoms with Crippen LogP contribution < -0.4 is 5.32 Å². The maximum absolute atomic E-state index is 13.7. The van der Waals surface area contributed by atoms with Crippen molar-refractivity contribution in [2.45, 2.75) is 111 Å². The lowest BCUT2D eigenvalue weighted by Gasteiger charge is -2.44. The number of aliphatic hydroxyl groups is 1. The Hall–Kier alpha value is -2.04. The molecule has 1 heterocycles. The summed E-state index contributed by atoms with van der Waals surface area (Å²) in [5, 5.41) is 24.6. The number of rotatable bonds is 13. The quantitative estimate of drug-likeness (QED) is 0.357. The number of carbonyl (C=O) groups excluding carboxylic acids is 2. The lowest BCUT2D eigenvalue weighted by molar-refractivity contribution is -0.143. The summed E-state index contributed by atoms with van der Waals surface area (Å²) in [7, 11) is 1.69. The molecule has 0 unspecified atom stereocenters. The first-order chi connectivity index (χ1) is 16.4. The van der Waals surface area contributed by atoms with Gasteiger partial charge in [0, 0.05) is 37.0 Å². The average Bonchev–Trinajstić information content (AvgIpc) is 3.24. The van der Waals surface area contributed by atoms with Crippen molar-refractivity contribution in [2.75, 3.05) is 7.05 Å². The highest BCUT2D eigenvalue weighted by Gasteiger charge is 2.41. The molecule has 0 saturated carbocycles. The minimum absolute atomic E-state index is 0.00448. The van der Waals surface area contributed by atoms with E-state index in [-0.39, 0.29) is 53.9 Å². The summed E-state index contributed by atoms with van der Waals surface area (Å²) in [6, 6.07) is -0.805. The van der Waals surface area contributed by atoms with Gasteiger partial charge < -0.3 is 20.4 Å². The Bertz CT molecular complexity index is 889. The Kier molecular flexibility index (Phi) is 11.5. The zero-order valence-corrected chi connectivity index (χ0v) is 24.5. The number of aliphatic hydroxyl groups excluding tert-OH is 1. The second kappa shape index (κ2) is 13.0. The maximum Gasteiger partial charge on any atom is 0.355 e. The molecule has 9 nitrogen and oxygen atoms in total. The van der Waals surface area contributed by atoms with Crippen molar-refractivity contribution in [3.8, 4) is 0 Å². The van der Waals surface area contributed by atoms with Gasteiger partial charge in [-0.2, -0.15) is 0 Å². The van der Waals surface area contributed by atoms with Crippen LogP contribution in [0.1, 0.15) is 97.3 Å². The summed E-state index contributed by atoms with van der Waals surface area (Å²) in [5.41, 5.74) is -0.934. The van der Waals surface area contributed by atoms with E-state index in [1.54, 1.807) is 11.9 Å². The highest BCUT2D eigenvalue weighted by molar-refractivity contribution is 7.09. The smallest absolute Gasteiger partial charge is 0.355 e. The van der Waals surface area contributed by atoms with Crippen LogP contribution in [0.25, 0.3) is 0 Å². The Morgan fingerprint density at radius 1 is 1.03 bits per heavy atom. The van der Waals surface area contributed by atoms with Gasteiger partial charge >= 0.3 is 5.97 Å². The summed E-state index contributed by atoms with van der Waals surface area (Å²) in [4.78, 5) is 46.0. The number of likely N-dealkylation sites (N-methyl/N-ethyl adjacent to an activating group) is 1. The SMILES string of the molecule is CC(C)[C@H](NC(=O)C(C)(C)N(C(C)C)C(C)C)C(=O)N(C)[C@H](C[C@@H](O)c1nc(C(=O)O)cs1)C(C)C. The van der Waals surface area contributed by atoms with Crippen molar-refractivity contribution in [3.63, 3.8) is 0 Å². The van der Waals surface area contributed by atoms with Crippen LogP contribution in [0.2, 0.25) is 0 Å². The summed E-state index contributed by atoms with van der Waals surface area (Å²) in [5.74, 6) is -1.74. The number of thiazole rings is 1. The summed E-state index contributed by atoms with van der Waals surface area (Å²) >= 11 is 1.08. The number of nitrogens with zero attached hydrogens (tertiary/aromatic N) is 3. The van der Waals surface area contributed by atoms with Crippen LogP contribution in [0.4, 0.5) is 0 Å². The van der Waals surface area contributed by atoms with Gasteiger partial charge in [0.2, 0.25) is 11.8 Å². The third-order valence-corrected chi connectivity index (χ3v) is 7.58. The molecule has 1 aromatic heterocycles. The first-order valence-electron chi connectivity index (χ1n) is 12.7. The normalized spacial score (nSPS) is 15.0. The van der Waals surface area contributed by atoms with Crippen molar-refractivity contribution < 1.29 is 24.6 Å². The molecule has 36 heavy (non-hydrogen) atoms. The number of hydrogen-bond donors (Lipinski definition) is 3. The molecule has 2 amide bonds. The van der Waals surface area contributed by atoms with Gasteiger partial charge in [0.1, 0.15) is 17.2 Å². The van der Waals surface area contributed by atoms with Crippen molar-refractivity contribution >= 4 is 29.1 Å². The number of hydrogen-bond acceptors (Lipinski definition) is 7. The minimum atomic E-state index is -1.15. The Morgan fingerprint density at radius 2 is 1.56 bits per heavy atom. The Morgan fingerprint density at radius 3 is 1.94 bits per heavy atom. The molecule has 0 fully saturated rings. The summed E-state index contributed by atoms with van der Waals surface area (Å²) < 4.78 is 0. The van der Waals surface area contributed by atoms with E-state index >= 15 is 0 Å². The molecule has 0 saturated heterocycles. The predicted octanol–water partition coefficient (Wildman–Crippen LogP) is 3.79. The topological polar surface area (TPSA) is 123 Å². The maximum atomic E-state index is 13.7.